The molecule has 1 aromatic rings. The van der Waals surface area contributed by atoms with Crippen LogP contribution in [-0.4, -0.2) is 28.3 Å². The molecule has 1 saturated heterocycles. The Hall–Kier alpha value is -1.36. The second-order valence-corrected chi connectivity index (χ2v) is 3.99. The molecule has 1 aliphatic heterocycles. The molecule has 0 atom stereocenters. The predicted molar refractivity (Wildman–Crippen MR) is 58.7 cm³/mol. The van der Waals surface area contributed by atoms with Crippen molar-refractivity contribution in [2.45, 2.75) is 32.1 Å². The summed E-state index contributed by atoms with van der Waals surface area (Å²) >= 11 is 0. The number of nitrogens with one attached hydrogen (secondary N) is 1. The Morgan fingerprint density at radius 1 is 1.50 bits per heavy atom. The van der Waals surface area contributed by atoms with Gasteiger partial charge in [0.05, 0.1) is 5.56 Å². The lowest BCUT2D eigenvalue weighted by Crippen LogP contribution is -2.22. The van der Waals surface area contributed by atoms with E-state index in [0.717, 1.165) is 12.8 Å². The molecule has 0 unspecified atom stereocenters. The molecule has 1 fully saturated rings. The van der Waals surface area contributed by atoms with Crippen molar-refractivity contribution in [3.8, 4) is 5.88 Å². The van der Waals surface area contributed by atoms with E-state index in [-0.39, 0.29) is 17.4 Å². The first-order valence-corrected chi connectivity index (χ1v) is 5.62. The van der Waals surface area contributed by atoms with E-state index in [9.17, 15) is 9.90 Å². The molecule has 0 bridgehead atoms. The van der Waals surface area contributed by atoms with E-state index in [1.54, 1.807) is 0 Å². The van der Waals surface area contributed by atoms with Crippen molar-refractivity contribution in [1.29, 1.82) is 0 Å². The third kappa shape index (κ3) is 2.09. The number of aromatic nitrogens is 2. The number of ether oxygens (including phenoxy) is 1. The van der Waals surface area contributed by atoms with Crippen LogP contribution < -0.4 is 5.56 Å². The smallest absolute Gasteiger partial charge is 0.257 e. The van der Waals surface area contributed by atoms with Crippen molar-refractivity contribution >= 4 is 0 Å². The molecule has 0 saturated carbocycles. The first-order chi connectivity index (χ1) is 7.72. The molecule has 2 N–H and O–H groups in total. The number of aromatic hydroxyl groups is 1. The molecule has 1 aromatic heterocycles. The van der Waals surface area contributed by atoms with Gasteiger partial charge in [-0.15, -0.1) is 0 Å². The zero-order valence-corrected chi connectivity index (χ0v) is 9.32. The SMILES string of the molecule is CCc1c(O)nc(C2CCOCC2)[nH]c1=O. The molecule has 88 valence electrons. The Bertz CT molecular complexity index is 422. The Labute approximate surface area is 93.5 Å². The summed E-state index contributed by atoms with van der Waals surface area (Å²) in [6.45, 7) is 3.19. The summed E-state index contributed by atoms with van der Waals surface area (Å²) in [7, 11) is 0. The average molecular weight is 224 g/mol. The molecule has 2 heterocycles. The fraction of sp³-hybridized carbons (Fsp3) is 0.636. The van der Waals surface area contributed by atoms with Crippen molar-refractivity contribution < 1.29 is 9.84 Å². The van der Waals surface area contributed by atoms with E-state index in [4.69, 9.17) is 4.74 Å². The van der Waals surface area contributed by atoms with E-state index in [1.165, 1.54) is 0 Å². The highest BCUT2D eigenvalue weighted by molar-refractivity contribution is 5.23. The zero-order chi connectivity index (χ0) is 11.5. The monoisotopic (exact) mass is 224 g/mol. The van der Waals surface area contributed by atoms with Crippen LogP contribution in [0.2, 0.25) is 0 Å². The average Bonchev–Trinajstić information content (AvgIpc) is 2.30. The van der Waals surface area contributed by atoms with Crippen molar-refractivity contribution in [2.24, 2.45) is 0 Å². The fourth-order valence-electron chi connectivity index (χ4n) is 1.99. The second-order valence-electron chi connectivity index (χ2n) is 3.99. The first kappa shape index (κ1) is 11.1. The Morgan fingerprint density at radius 3 is 2.75 bits per heavy atom. The number of aromatic amines is 1. The van der Waals surface area contributed by atoms with E-state index in [2.05, 4.69) is 9.97 Å². The van der Waals surface area contributed by atoms with Crippen molar-refractivity contribution in [2.75, 3.05) is 13.2 Å². The highest BCUT2D eigenvalue weighted by Gasteiger charge is 2.20. The maximum absolute atomic E-state index is 11.6. The molecule has 2 rings (SSSR count). The predicted octanol–water partition coefficient (Wildman–Crippen LogP) is 0.932. The molecule has 1 aliphatic rings. The lowest BCUT2D eigenvalue weighted by atomic mass is 9.99. The number of hydrogen-bond donors (Lipinski definition) is 2. The Balaban J connectivity index is 2.31. The third-order valence-electron chi connectivity index (χ3n) is 2.97. The summed E-state index contributed by atoms with van der Waals surface area (Å²) in [6, 6.07) is 0. The van der Waals surface area contributed by atoms with Gasteiger partial charge in [-0.2, -0.15) is 4.98 Å². The van der Waals surface area contributed by atoms with Gasteiger partial charge in [0.15, 0.2) is 0 Å². The van der Waals surface area contributed by atoms with Crippen LogP contribution in [0.25, 0.3) is 0 Å². The highest BCUT2D eigenvalue weighted by Crippen LogP contribution is 2.24. The van der Waals surface area contributed by atoms with Gasteiger partial charge in [-0.1, -0.05) is 6.92 Å². The van der Waals surface area contributed by atoms with Crippen LogP contribution in [0.15, 0.2) is 4.79 Å². The zero-order valence-electron chi connectivity index (χ0n) is 9.32. The van der Waals surface area contributed by atoms with Crippen LogP contribution in [0.1, 0.15) is 37.1 Å². The number of nitrogens with zero attached hydrogens (tertiary/aromatic N) is 1. The molecule has 0 aromatic carbocycles. The quantitative estimate of drug-likeness (QED) is 0.783. The van der Waals surface area contributed by atoms with Crippen molar-refractivity contribution in [1.82, 2.24) is 9.97 Å². The van der Waals surface area contributed by atoms with Gasteiger partial charge in [-0.05, 0) is 19.3 Å². The second kappa shape index (κ2) is 4.65. The van der Waals surface area contributed by atoms with Gasteiger partial charge in [0, 0.05) is 19.1 Å². The van der Waals surface area contributed by atoms with E-state index in [0.29, 0.717) is 31.0 Å². The minimum Gasteiger partial charge on any atom is -0.493 e. The maximum Gasteiger partial charge on any atom is 0.257 e. The van der Waals surface area contributed by atoms with Crippen LogP contribution in [0.5, 0.6) is 5.88 Å². The Morgan fingerprint density at radius 2 is 2.19 bits per heavy atom. The minimum atomic E-state index is -0.225. The van der Waals surface area contributed by atoms with Gasteiger partial charge in [-0.3, -0.25) is 4.79 Å². The van der Waals surface area contributed by atoms with E-state index in [1.807, 2.05) is 6.92 Å². The van der Waals surface area contributed by atoms with Gasteiger partial charge in [-0.25, -0.2) is 0 Å². The van der Waals surface area contributed by atoms with E-state index >= 15 is 0 Å². The normalized spacial score (nSPS) is 17.6. The molecule has 5 nitrogen and oxygen atoms in total. The van der Waals surface area contributed by atoms with Crippen LogP contribution >= 0.6 is 0 Å². The standard InChI is InChI=1S/C11H16N2O3/c1-2-8-10(14)12-9(13-11(8)15)7-3-5-16-6-4-7/h7H,2-6H2,1H3,(H2,12,13,14,15). The first-order valence-electron chi connectivity index (χ1n) is 5.62. The van der Waals surface area contributed by atoms with Crippen LogP contribution in [0.4, 0.5) is 0 Å². The lowest BCUT2D eigenvalue weighted by Gasteiger charge is -2.21. The summed E-state index contributed by atoms with van der Waals surface area (Å²) in [4.78, 5) is 18.5. The third-order valence-corrected chi connectivity index (χ3v) is 2.97. The largest absolute Gasteiger partial charge is 0.493 e. The van der Waals surface area contributed by atoms with E-state index < -0.39 is 0 Å². The summed E-state index contributed by atoms with van der Waals surface area (Å²) in [5.41, 5.74) is 0.132. The molecule has 0 spiro atoms. The van der Waals surface area contributed by atoms with Crippen LogP contribution in [-0.2, 0) is 11.2 Å². The van der Waals surface area contributed by atoms with Crippen molar-refractivity contribution in [3.05, 3.63) is 21.7 Å². The molecular formula is C11H16N2O3. The number of H-pyrrole nitrogens is 1. The number of hydrogen-bond acceptors (Lipinski definition) is 4. The summed E-state index contributed by atoms with van der Waals surface area (Å²) in [6.07, 6.45) is 2.17. The fourth-order valence-corrected chi connectivity index (χ4v) is 1.99. The molecule has 16 heavy (non-hydrogen) atoms. The molecule has 0 aliphatic carbocycles. The minimum absolute atomic E-state index is 0.132. The number of rotatable bonds is 2. The summed E-state index contributed by atoms with van der Waals surface area (Å²) in [5, 5.41) is 9.64. The van der Waals surface area contributed by atoms with Crippen molar-refractivity contribution in [3.63, 3.8) is 0 Å². The molecule has 5 heteroatoms. The van der Waals surface area contributed by atoms with Gasteiger partial charge < -0.3 is 14.8 Å². The summed E-state index contributed by atoms with van der Waals surface area (Å²) in [5.74, 6) is 0.647. The van der Waals surface area contributed by atoms with Gasteiger partial charge in [0.1, 0.15) is 5.82 Å². The Kier molecular flexibility index (Phi) is 3.24. The van der Waals surface area contributed by atoms with Gasteiger partial charge in [0.2, 0.25) is 5.88 Å². The van der Waals surface area contributed by atoms with Gasteiger partial charge >= 0.3 is 0 Å². The topological polar surface area (TPSA) is 75.2 Å². The van der Waals surface area contributed by atoms with Gasteiger partial charge in [0.25, 0.3) is 5.56 Å². The van der Waals surface area contributed by atoms with Crippen LogP contribution in [0, 0.1) is 0 Å². The summed E-state index contributed by atoms with van der Waals surface area (Å²) < 4.78 is 5.24. The lowest BCUT2D eigenvalue weighted by molar-refractivity contribution is 0.0833. The maximum atomic E-state index is 11.6. The highest BCUT2D eigenvalue weighted by atomic mass is 16.5. The molecular weight excluding hydrogens is 208 g/mol. The molecule has 0 radical (unpaired) electrons. The van der Waals surface area contributed by atoms with Crippen LogP contribution in [0.3, 0.4) is 0 Å². The molecule has 0 amide bonds.